The number of carbonyl (C=O) groups excluding carboxylic acids is 1. The second-order valence-corrected chi connectivity index (χ2v) is 6.02. The molecule has 3 rings (SSSR count). The van der Waals surface area contributed by atoms with E-state index in [-0.39, 0.29) is 24.0 Å². The molecule has 0 bridgehead atoms. The molecule has 2 N–H and O–H groups in total. The lowest BCUT2D eigenvalue weighted by atomic mass is 9.96. The summed E-state index contributed by atoms with van der Waals surface area (Å²) in [6.45, 7) is 0.126. The minimum atomic E-state index is -0.340. The molecule has 0 radical (unpaired) electrons. The quantitative estimate of drug-likeness (QED) is 0.884. The lowest BCUT2D eigenvalue weighted by molar-refractivity contribution is 0.0945. The molecule has 1 aliphatic carbocycles. The maximum Gasteiger partial charge on any atom is 0.270 e. The number of nitrogens with one attached hydrogen (secondary N) is 2. The molecule has 1 heterocycles. The van der Waals surface area contributed by atoms with Crippen LogP contribution in [-0.2, 0) is 6.54 Å². The fourth-order valence-corrected chi connectivity index (χ4v) is 2.89. The van der Waals surface area contributed by atoms with Gasteiger partial charge >= 0.3 is 0 Å². The van der Waals surface area contributed by atoms with E-state index in [2.05, 4.69) is 20.6 Å². The zero-order chi connectivity index (χ0) is 16.8. The minimum absolute atomic E-state index is 0.126. The maximum absolute atomic E-state index is 13.6. The number of amides is 1. The van der Waals surface area contributed by atoms with Crippen LogP contribution in [0.2, 0.25) is 0 Å². The molecule has 1 aromatic carbocycles. The van der Waals surface area contributed by atoms with Crippen molar-refractivity contribution in [3.05, 3.63) is 53.6 Å². The Bertz CT molecular complexity index is 701. The smallest absolute Gasteiger partial charge is 0.270 e. The fourth-order valence-electron chi connectivity index (χ4n) is 2.89. The first-order valence-corrected chi connectivity index (χ1v) is 8.33. The highest BCUT2D eigenvalue weighted by molar-refractivity contribution is 5.92. The molecular formula is C18H21FN4O. The Morgan fingerprint density at radius 1 is 1.17 bits per heavy atom. The Morgan fingerprint density at radius 3 is 2.75 bits per heavy atom. The monoisotopic (exact) mass is 328 g/mol. The van der Waals surface area contributed by atoms with Crippen molar-refractivity contribution in [1.82, 2.24) is 15.3 Å². The van der Waals surface area contributed by atoms with Gasteiger partial charge in [-0.3, -0.25) is 4.79 Å². The van der Waals surface area contributed by atoms with Crippen LogP contribution in [0.1, 0.15) is 48.2 Å². The van der Waals surface area contributed by atoms with Crippen LogP contribution < -0.4 is 10.6 Å². The number of hydrogen-bond donors (Lipinski definition) is 2. The van der Waals surface area contributed by atoms with E-state index in [9.17, 15) is 9.18 Å². The van der Waals surface area contributed by atoms with Crippen molar-refractivity contribution in [3.63, 3.8) is 0 Å². The predicted molar refractivity (Wildman–Crippen MR) is 90.1 cm³/mol. The Balaban J connectivity index is 1.60. The minimum Gasteiger partial charge on any atom is -0.351 e. The molecule has 1 aromatic heterocycles. The number of nitrogens with zero attached hydrogens (tertiary/aromatic N) is 2. The van der Waals surface area contributed by atoms with Crippen LogP contribution in [-0.4, -0.2) is 21.9 Å². The highest BCUT2D eigenvalue weighted by Crippen LogP contribution is 2.20. The van der Waals surface area contributed by atoms with Gasteiger partial charge in [0, 0.05) is 24.3 Å². The van der Waals surface area contributed by atoms with E-state index in [4.69, 9.17) is 0 Å². The summed E-state index contributed by atoms with van der Waals surface area (Å²) in [6, 6.07) is 8.30. The molecule has 0 aliphatic heterocycles. The molecule has 1 aliphatic rings. The average Bonchev–Trinajstić information content (AvgIpc) is 2.62. The largest absolute Gasteiger partial charge is 0.351 e. The number of halogens is 1. The van der Waals surface area contributed by atoms with Crippen LogP contribution in [0.3, 0.4) is 0 Å². The summed E-state index contributed by atoms with van der Waals surface area (Å²) in [7, 11) is 0. The predicted octanol–water partition coefficient (Wildman–Crippen LogP) is 3.29. The van der Waals surface area contributed by atoms with Crippen molar-refractivity contribution >= 4 is 11.9 Å². The van der Waals surface area contributed by atoms with E-state index < -0.39 is 0 Å². The van der Waals surface area contributed by atoms with Crippen LogP contribution in [0, 0.1) is 5.82 Å². The summed E-state index contributed by atoms with van der Waals surface area (Å²) in [5.74, 6) is -0.201. The Hall–Kier alpha value is -2.50. The third kappa shape index (κ3) is 4.28. The highest BCUT2D eigenvalue weighted by atomic mass is 19.1. The highest BCUT2D eigenvalue weighted by Gasteiger charge is 2.15. The molecule has 0 spiro atoms. The van der Waals surface area contributed by atoms with Gasteiger partial charge in [0.2, 0.25) is 5.95 Å². The van der Waals surface area contributed by atoms with Crippen molar-refractivity contribution in [2.24, 2.45) is 0 Å². The summed E-state index contributed by atoms with van der Waals surface area (Å²) in [5.41, 5.74) is 0.722. The molecule has 24 heavy (non-hydrogen) atoms. The van der Waals surface area contributed by atoms with E-state index in [1.54, 1.807) is 30.5 Å². The third-order valence-electron chi connectivity index (χ3n) is 4.22. The number of aromatic nitrogens is 2. The first-order chi connectivity index (χ1) is 11.7. The van der Waals surface area contributed by atoms with E-state index in [1.807, 2.05) is 0 Å². The van der Waals surface area contributed by atoms with Crippen LogP contribution in [0.25, 0.3) is 0 Å². The van der Waals surface area contributed by atoms with Gasteiger partial charge < -0.3 is 10.6 Å². The molecule has 1 amide bonds. The Kier molecular flexibility index (Phi) is 5.36. The van der Waals surface area contributed by atoms with E-state index in [0.717, 1.165) is 12.8 Å². The normalized spacial score (nSPS) is 15.0. The van der Waals surface area contributed by atoms with E-state index >= 15 is 0 Å². The van der Waals surface area contributed by atoms with Crippen molar-refractivity contribution in [3.8, 4) is 0 Å². The van der Waals surface area contributed by atoms with E-state index in [0.29, 0.717) is 17.6 Å². The van der Waals surface area contributed by atoms with Gasteiger partial charge in [0.05, 0.1) is 0 Å². The lowest BCUT2D eigenvalue weighted by Crippen LogP contribution is -2.26. The van der Waals surface area contributed by atoms with Gasteiger partial charge in [-0.05, 0) is 25.0 Å². The second kappa shape index (κ2) is 7.86. The van der Waals surface area contributed by atoms with Crippen LogP contribution in [0.15, 0.2) is 36.5 Å². The molecule has 0 saturated heterocycles. The maximum atomic E-state index is 13.6. The summed E-state index contributed by atoms with van der Waals surface area (Å²) < 4.78 is 13.6. The third-order valence-corrected chi connectivity index (χ3v) is 4.22. The Labute approximate surface area is 140 Å². The van der Waals surface area contributed by atoms with Gasteiger partial charge in [-0.25, -0.2) is 14.4 Å². The molecule has 1 fully saturated rings. The standard InChI is InChI=1S/C18H21FN4O/c19-15-9-5-4-6-13(15)12-21-17(24)16-10-11-20-18(23-16)22-14-7-2-1-3-8-14/h4-6,9-11,14H,1-3,7-8,12H2,(H,21,24)(H,20,22,23). The molecular weight excluding hydrogens is 307 g/mol. The van der Waals surface area contributed by atoms with Gasteiger partial charge in [-0.15, -0.1) is 0 Å². The molecule has 0 unspecified atom stereocenters. The van der Waals surface area contributed by atoms with Crippen molar-refractivity contribution in [2.75, 3.05) is 5.32 Å². The Morgan fingerprint density at radius 2 is 1.96 bits per heavy atom. The van der Waals surface area contributed by atoms with Crippen LogP contribution in [0.5, 0.6) is 0 Å². The van der Waals surface area contributed by atoms with Crippen LogP contribution in [0.4, 0.5) is 10.3 Å². The number of anilines is 1. The zero-order valence-electron chi connectivity index (χ0n) is 13.5. The molecule has 2 aromatic rings. The number of carbonyl (C=O) groups is 1. The average molecular weight is 328 g/mol. The SMILES string of the molecule is O=C(NCc1ccccc1F)c1ccnc(NC2CCCCC2)n1. The number of hydrogen-bond acceptors (Lipinski definition) is 4. The summed E-state index contributed by atoms with van der Waals surface area (Å²) >= 11 is 0. The molecule has 5 nitrogen and oxygen atoms in total. The summed E-state index contributed by atoms with van der Waals surface area (Å²) in [5, 5.41) is 5.99. The van der Waals surface area contributed by atoms with E-state index in [1.165, 1.54) is 25.3 Å². The summed E-state index contributed by atoms with van der Waals surface area (Å²) in [4.78, 5) is 20.7. The first kappa shape index (κ1) is 16.4. The van der Waals surface area contributed by atoms with Crippen LogP contribution >= 0.6 is 0 Å². The summed E-state index contributed by atoms with van der Waals surface area (Å²) in [6.07, 6.45) is 7.47. The zero-order valence-corrected chi connectivity index (χ0v) is 13.5. The van der Waals surface area contributed by atoms with Gasteiger partial charge in [-0.1, -0.05) is 37.5 Å². The van der Waals surface area contributed by atoms with Gasteiger partial charge in [-0.2, -0.15) is 0 Å². The fraction of sp³-hybridized carbons (Fsp3) is 0.389. The van der Waals surface area contributed by atoms with Gasteiger partial charge in [0.25, 0.3) is 5.91 Å². The second-order valence-electron chi connectivity index (χ2n) is 6.02. The van der Waals surface area contributed by atoms with Crippen molar-refractivity contribution in [1.29, 1.82) is 0 Å². The molecule has 126 valence electrons. The molecule has 6 heteroatoms. The topological polar surface area (TPSA) is 66.9 Å². The number of benzene rings is 1. The van der Waals surface area contributed by atoms with Gasteiger partial charge in [0.1, 0.15) is 11.5 Å². The number of rotatable bonds is 5. The lowest BCUT2D eigenvalue weighted by Gasteiger charge is -2.22. The first-order valence-electron chi connectivity index (χ1n) is 8.33. The van der Waals surface area contributed by atoms with Gasteiger partial charge in [0.15, 0.2) is 0 Å². The molecule has 1 saturated carbocycles. The van der Waals surface area contributed by atoms with Crippen molar-refractivity contribution < 1.29 is 9.18 Å². The van der Waals surface area contributed by atoms with Crippen molar-refractivity contribution in [2.45, 2.75) is 44.7 Å². The molecule has 0 atom stereocenters.